The lowest BCUT2D eigenvalue weighted by atomic mass is 10.0. The number of rotatable bonds is 6. The highest BCUT2D eigenvalue weighted by molar-refractivity contribution is 7.89. The minimum atomic E-state index is -3.86. The Morgan fingerprint density at radius 3 is 2.28 bits per heavy atom. The molecule has 3 rings (SSSR count). The normalized spacial score (nSPS) is 15.6. The van der Waals surface area contributed by atoms with Crippen LogP contribution in [0, 0.1) is 0 Å². The summed E-state index contributed by atoms with van der Waals surface area (Å²) in [4.78, 5) is -0.0199. The number of ether oxygens (including phenoxy) is 2. The Balaban J connectivity index is 1.79. The average molecular weight is 363 g/mol. The molecule has 2 N–H and O–H groups in total. The number of aliphatic hydroxyl groups is 1. The largest absolute Gasteiger partial charge is 0.497 e. The van der Waals surface area contributed by atoms with Crippen LogP contribution in [0.5, 0.6) is 11.5 Å². The molecule has 0 saturated carbocycles. The predicted molar refractivity (Wildman–Crippen MR) is 93.5 cm³/mol. The highest BCUT2D eigenvalue weighted by Crippen LogP contribution is 2.31. The average Bonchev–Trinajstić information content (AvgIpc) is 2.96. The zero-order chi connectivity index (χ0) is 18.1. The van der Waals surface area contributed by atoms with Crippen molar-refractivity contribution in [2.75, 3.05) is 20.8 Å². The number of nitrogens with one attached hydrogen (secondary N) is 1. The fraction of sp³-hybridized carbons (Fsp3) is 0.333. The summed E-state index contributed by atoms with van der Waals surface area (Å²) in [5.74, 6) is 0.628. The Morgan fingerprint density at radius 2 is 1.72 bits per heavy atom. The standard InChI is InChI=1S/C18H21NO5S/c1-23-15-7-8-16(24-2)17(9-15)25(21,22)19-12-18(20)10-13-5-3-4-6-14(13)11-18/h3-9,19-20H,10-12H2,1-2H3. The molecule has 0 atom stereocenters. The molecular weight excluding hydrogens is 342 g/mol. The Kier molecular flexibility index (Phi) is 4.73. The molecular formula is C18H21NO5S. The molecule has 0 bridgehead atoms. The van der Waals surface area contributed by atoms with Gasteiger partial charge in [0.15, 0.2) is 0 Å². The molecule has 1 aliphatic rings. The van der Waals surface area contributed by atoms with Crippen LogP contribution >= 0.6 is 0 Å². The van der Waals surface area contributed by atoms with Crippen LogP contribution in [0.15, 0.2) is 47.4 Å². The quantitative estimate of drug-likeness (QED) is 0.813. The molecule has 0 radical (unpaired) electrons. The van der Waals surface area contributed by atoms with Gasteiger partial charge in [0.1, 0.15) is 16.4 Å². The maximum absolute atomic E-state index is 12.7. The molecule has 0 saturated heterocycles. The van der Waals surface area contributed by atoms with Gasteiger partial charge in [0.05, 0.1) is 19.8 Å². The van der Waals surface area contributed by atoms with Gasteiger partial charge in [-0.05, 0) is 23.3 Å². The molecule has 2 aromatic rings. The highest BCUT2D eigenvalue weighted by atomic mass is 32.2. The van der Waals surface area contributed by atoms with Gasteiger partial charge in [0, 0.05) is 25.5 Å². The van der Waals surface area contributed by atoms with Gasteiger partial charge >= 0.3 is 0 Å². The predicted octanol–water partition coefficient (Wildman–Crippen LogP) is 1.51. The first-order valence-electron chi connectivity index (χ1n) is 7.88. The van der Waals surface area contributed by atoms with Crippen LogP contribution in [0.4, 0.5) is 0 Å². The van der Waals surface area contributed by atoms with E-state index in [1.807, 2.05) is 24.3 Å². The Labute approximate surface area is 147 Å². The van der Waals surface area contributed by atoms with Gasteiger partial charge in [0.25, 0.3) is 0 Å². The number of fused-ring (bicyclic) bond motifs is 1. The highest BCUT2D eigenvalue weighted by Gasteiger charge is 2.36. The van der Waals surface area contributed by atoms with Gasteiger partial charge in [-0.2, -0.15) is 0 Å². The molecule has 0 heterocycles. The van der Waals surface area contributed by atoms with E-state index in [-0.39, 0.29) is 17.2 Å². The lowest BCUT2D eigenvalue weighted by Gasteiger charge is -2.23. The Hall–Kier alpha value is -2.09. The van der Waals surface area contributed by atoms with Crippen molar-refractivity contribution in [2.24, 2.45) is 0 Å². The van der Waals surface area contributed by atoms with Crippen molar-refractivity contribution in [3.05, 3.63) is 53.6 Å². The Morgan fingerprint density at radius 1 is 1.08 bits per heavy atom. The third-order valence-electron chi connectivity index (χ3n) is 4.41. The molecule has 7 heteroatoms. The maximum Gasteiger partial charge on any atom is 0.244 e. The van der Waals surface area contributed by atoms with Gasteiger partial charge < -0.3 is 14.6 Å². The number of methoxy groups -OCH3 is 2. The lowest BCUT2D eigenvalue weighted by Crippen LogP contribution is -2.43. The summed E-state index contributed by atoms with van der Waals surface area (Å²) >= 11 is 0. The summed E-state index contributed by atoms with van der Waals surface area (Å²) in [6.07, 6.45) is 0.835. The minimum Gasteiger partial charge on any atom is -0.497 e. The molecule has 2 aromatic carbocycles. The topological polar surface area (TPSA) is 84.9 Å². The first-order chi connectivity index (χ1) is 11.9. The third-order valence-corrected chi connectivity index (χ3v) is 5.83. The van der Waals surface area contributed by atoms with E-state index in [1.165, 1.54) is 26.4 Å². The van der Waals surface area contributed by atoms with Crippen LogP contribution in [-0.4, -0.2) is 39.9 Å². The summed E-state index contributed by atoms with van der Waals surface area (Å²) in [6, 6.07) is 12.3. The fourth-order valence-corrected chi connectivity index (χ4v) is 4.40. The van der Waals surface area contributed by atoms with E-state index < -0.39 is 15.6 Å². The molecule has 0 amide bonds. The molecule has 0 spiro atoms. The fourth-order valence-electron chi connectivity index (χ4n) is 3.10. The van der Waals surface area contributed by atoms with E-state index >= 15 is 0 Å². The molecule has 25 heavy (non-hydrogen) atoms. The smallest absolute Gasteiger partial charge is 0.244 e. The number of hydrogen-bond donors (Lipinski definition) is 2. The van der Waals surface area contributed by atoms with Gasteiger partial charge in [0.2, 0.25) is 10.0 Å². The van der Waals surface area contributed by atoms with Gasteiger partial charge in [-0.3, -0.25) is 0 Å². The van der Waals surface area contributed by atoms with E-state index in [0.717, 1.165) is 11.1 Å². The summed E-state index contributed by atoms with van der Waals surface area (Å²) < 4.78 is 38.1. The second kappa shape index (κ2) is 6.67. The zero-order valence-corrected chi connectivity index (χ0v) is 15.0. The summed E-state index contributed by atoms with van der Waals surface area (Å²) in [6.45, 7) is -0.0790. The molecule has 6 nitrogen and oxygen atoms in total. The van der Waals surface area contributed by atoms with Crippen molar-refractivity contribution in [3.8, 4) is 11.5 Å². The van der Waals surface area contributed by atoms with E-state index in [9.17, 15) is 13.5 Å². The van der Waals surface area contributed by atoms with E-state index in [1.54, 1.807) is 6.07 Å². The maximum atomic E-state index is 12.7. The van der Waals surface area contributed by atoms with Crippen LogP contribution < -0.4 is 14.2 Å². The SMILES string of the molecule is COc1ccc(OC)c(S(=O)(=O)NCC2(O)Cc3ccccc3C2)c1. The second-order valence-corrected chi connectivity index (χ2v) is 7.92. The monoisotopic (exact) mass is 363 g/mol. The van der Waals surface area contributed by atoms with Crippen LogP contribution in [0.2, 0.25) is 0 Å². The second-order valence-electron chi connectivity index (χ2n) is 6.19. The molecule has 0 fully saturated rings. The van der Waals surface area contributed by atoms with Crippen LogP contribution in [0.1, 0.15) is 11.1 Å². The first-order valence-corrected chi connectivity index (χ1v) is 9.36. The number of hydrogen-bond acceptors (Lipinski definition) is 5. The molecule has 134 valence electrons. The first kappa shape index (κ1) is 17.7. The van der Waals surface area contributed by atoms with Crippen molar-refractivity contribution in [1.29, 1.82) is 0 Å². The van der Waals surface area contributed by atoms with Crippen molar-refractivity contribution >= 4 is 10.0 Å². The van der Waals surface area contributed by atoms with Crippen molar-refractivity contribution in [3.63, 3.8) is 0 Å². The molecule has 0 unspecified atom stereocenters. The Bertz CT molecular complexity index is 854. The minimum absolute atomic E-state index is 0.0199. The summed E-state index contributed by atoms with van der Waals surface area (Å²) in [5.41, 5.74) is 0.953. The molecule has 1 aliphatic carbocycles. The molecule has 0 aromatic heterocycles. The van der Waals surface area contributed by atoms with E-state index in [2.05, 4.69) is 4.72 Å². The number of sulfonamides is 1. The van der Waals surface area contributed by atoms with Crippen molar-refractivity contribution in [1.82, 2.24) is 4.72 Å². The van der Waals surface area contributed by atoms with E-state index in [0.29, 0.717) is 18.6 Å². The van der Waals surface area contributed by atoms with Crippen LogP contribution in [0.25, 0.3) is 0 Å². The number of benzene rings is 2. The van der Waals surface area contributed by atoms with Crippen LogP contribution in [-0.2, 0) is 22.9 Å². The van der Waals surface area contributed by atoms with Gasteiger partial charge in [-0.25, -0.2) is 13.1 Å². The van der Waals surface area contributed by atoms with Gasteiger partial charge in [-0.1, -0.05) is 24.3 Å². The summed E-state index contributed by atoms with van der Waals surface area (Å²) in [5, 5.41) is 10.8. The third kappa shape index (κ3) is 3.63. The van der Waals surface area contributed by atoms with Gasteiger partial charge in [-0.15, -0.1) is 0 Å². The van der Waals surface area contributed by atoms with Crippen molar-refractivity contribution < 1.29 is 23.0 Å². The molecule has 0 aliphatic heterocycles. The lowest BCUT2D eigenvalue weighted by molar-refractivity contribution is 0.0567. The van der Waals surface area contributed by atoms with Crippen LogP contribution in [0.3, 0.4) is 0 Å². The summed E-state index contributed by atoms with van der Waals surface area (Å²) in [7, 11) is -0.996. The van der Waals surface area contributed by atoms with Crippen molar-refractivity contribution in [2.45, 2.75) is 23.3 Å². The van der Waals surface area contributed by atoms with E-state index in [4.69, 9.17) is 9.47 Å². The zero-order valence-electron chi connectivity index (χ0n) is 14.2.